The van der Waals surface area contributed by atoms with E-state index in [1.165, 1.54) is 23.4 Å². The van der Waals surface area contributed by atoms with Crippen molar-refractivity contribution in [1.82, 2.24) is 19.9 Å². The van der Waals surface area contributed by atoms with Gasteiger partial charge < -0.3 is 14.9 Å². The standard InChI is InChI=1S/C16H18N4O/c1-12(21)17-8-9-20-11-13(10-16-18-6-7-19-16)14-4-2-3-5-15(14)20/h2-7,11H,8-10H2,1H3,(H,17,21)(H,18,19). The first kappa shape index (κ1) is 13.4. The van der Waals surface area contributed by atoms with Gasteiger partial charge in [-0.2, -0.15) is 0 Å². The van der Waals surface area contributed by atoms with Crippen LogP contribution in [0.2, 0.25) is 0 Å². The monoisotopic (exact) mass is 282 g/mol. The SMILES string of the molecule is CC(=O)NCCn1cc(Cc2ncc[nH]2)c2ccccc21. The molecule has 2 N–H and O–H groups in total. The van der Waals surface area contributed by atoms with Gasteiger partial charge in [-0.1, -0.05) is 18.2 Å². The lowest BCUT2D eigenvalue weighted by Crippen LogP contribution is -2.24. The average molecular weight is 282 g/mol. The number of H-pyrrole nitrogens is 1. The fourth-order valence-corrected chi connectivity index (χ4v) is 2.58. The van der Waals surface area contributed by atoms with E-state index in [4.69, 9.17) is 0 Å². The van der Waals surface area contributed by atoms with Crippen molar-refractivity contribution in [3.8, 4) is 0 Å². The summed E-state index contributed by atoms with van der Waals surface area (Å²) in [6.07, 6.45) is 6.53. The third kappa shape index (κ3) is 2.97. The summed E-state index contributed by atoms with van der Waals surface area (Å²) in [5.74, 6) is 0.960. The lowest BCUT2D eigenvalue weighted by molar-refractivity contribution is -0.118. The number of hydrogen-bond acceptors (Lipinski definition) is 2. The summed E-state index contributed by atoms with van der Waals surface area (Å²) < 4.78 is 2.18. The summed E-state index contributed by atoms with van der Waals surface area (Å²) in [6, 6.07) is 8.32. The average Bonchev–Trinajstić information content (AvgIpc) is 3.09. The molecule has 5 heteroatoms. The zero-order valence-corrected chi connectivity index (χ0v) is 12.0. The van der Waals surface area contributed by atoms with Crippen LogP contribution in [-0.2, 0) is 17.8 Å². The molecular weight excluding hydrogens is 264 g/mol. The summed E-state index contributed by atoms with van der Waals surface area (Å²) >= 11 is 0. The molecule has 0 atom stereocenters. The molecule has 0 bridgehead atoms. The molecule has 0 unspecified atom stereocenters. The highest BCUT2D eigenvalue weighted by Gasteiger charge is 2.09. The number of para-hydroxylation sites is 1. The molecule has 3 rings (SSSR count). The third-order valence-corrected chi connectivity index (χ3v) is 3.51. The topological polar surface area (TPSA) is 62.7 Å². The zero-order chi connectivity index (χ0) is 14.7. The molecule has 5 nitrogen and oxygen atoms in total. The van der Waals surface area contributed by atoms with E-state index in [-0.39, 0.29) is 5.91 Å². The Labute approximate surface area is 123 Å². The molecule has 2 heterocycles. The molecule has 1 amide bonds. The van der Waals surface area contributed by atoms with Crippen LogP contribution in [0.4, 0.5) is 0 Å². The van der Waals surface area contributed by atoms with Crippen molar-refractivity contribution < 1.29 is 4.79 Å². The minimum atomic E-state index is 0.00210. The minimum absolute atomic E-state index is 0.00210. The van der Waals surface area contributed by atoms with Gasteiger partial charge in [0.2, 0.25) is 5.91 Å². The van der Waals surface area contributed by atoms with E-state index in [1.54, 1.807) is 6.20 Å². The maximum absolute atomic E-state index is 11.0. The summed E-state index contributed by atoms with van der Waals surface area (Å²) in [5.41, 5.74) is 2.42. The van der Waals surface area contributed by atoms with Gasteiger partial charge >= 0.3 is 0 Å². The first-order chi connectivity index (χ1) is 10.2. The van der Waals surface area contributed by atoms with Crippen LogP contribution >= 0.6 is 0 Å². The lowest BCUT2D eigenvalue weighted by atomic mass is 10.1. The summed E-state index contributed by atoms with van der Waals surface area (Å²) in [5, 5.41) is 4.07. The first-order valence-electron chi connectivity index (χ1n) is 7.03. The smallest absolute Gasteiger partial charge is 0.216 e. The Hall–Kier alpha value is -2.56. The number of amides is 1. The highest BCUT2D eigenvalue weighted by Crippen LogP contribution is 2.22. The van der Waals surface area contributed by atoms with Gasteiger partial charge in [-0.15, -0.1) is 0 Å². The van der Waals surface area contributed by atoms with E-state index in [9.17, 15) is 4.79 Å². The lowest BCUT2D eigenvalue weighted by Gasteiger charge is -2.05. The number of aromatic amines is 1. The molecule has 1 aromatic carbocycles. The van der Waals surface area contributed by atoms with Crippen molar-refractivity contribution in [3.63, 3.8) is 0 Å². The normalized spacial score (nSPS) is 10.9. The van der Waals surface area contributed by atoms with Crippen LogP contribution < -0.4 is 5.32 Å². The van der Waals surface area contributed by atoms with Crippen LogP contribution in [0.1, 0.15) is 18.3 Å². The Morgan fingerprint density at radius 1 is 1.38 bits per heavy atom. The van der Waals surface area contributed by atoms with Crippen molar-refractivity contribution in [3.05, 3.63) is 54.2 Å². The van der Waals surface area contributed by atoms with Gasteiger partial charge in [0, 0.05) is 55.9 Å². The number of hydrogen-bond donors (Lipinski definition) is 2. The van der Waals surface area contributed by atoms with Crippen LogP contribution in [-0.4, -0.2) is 27.0 Å². The number of carbonyl (C=O) groups excluding carboxylic acids is 1. The molecule has 0 saturated carbocycles. The fraction of sp³-hybridized carbons (Fsp3) is 0.250. The number of rotatable bonds is 5. The van der Waals surface area contributed by atoms with Crippen LogP contribution in [0.25, 0.3) is 10.9 Å². The predicted octanol–water partition coefficient (Wildman–Crippen LogP) is 2.09. The maximum atomic E-state index is 11.0. The largest absolute Gasteiger partial charge is 0.355 e. The number of benzene rings is 1. The summed E-state index contributed by atoms with van der Waals surface area (Å²) in [6.45, 7) is 2.93. The summed E-state index contributed by atoms with van der Waals surface area (Å²) in [7, 11) is 0. The second kappa shape index (κ2) is 5.83. The molecule has 0 saturated heterocycles. The van der Waals surface area contributed by atoms with E-state index in [0.717, 1.165) is 18.8 Å². The van der Waals surface area contributed by atoms with E-state index in [0.29, 0.717) is 6.54 Å². The molecule has 3 aromatic rings. The number of nitrogens with zero attached hydrogens (tertiary/aromatic N) is 2. The number of carbonyl (C=O) groups is 1. The van der Waals surface area contributed by atoms with Crippen LogP contribution in [0.15, 0.2) is 42.9 Å². The fourth-order valence-electron chi connectivity index (χ4n) is 2.58. The minimum Gasteiger partial charge on any atom is -0.355 e. The van der Waals surface area contributed by atoms with E-state index >= 15 is 0 Å². The second-order valence-corrected chi connectivity index (χ2v) is 5.06. The van der Waals surface area contributed by atoms with Crippen molar-refractivity contribution in [2.24, 2.45) is 0 Å². The van der Waals surface area contributed by atoms with Gasteiger partial charge in [-0.3, -0.25) is 4.79 Å². The first-order valence-corrected chi connectivity index (χ1v) is 7.03. The number of aromatic nitrogens is 3. The van der Waals surface area contributed by atoms with Gasteiger partial charge in [0.25, 0.3) is 0 Å². The van der Waals surface area contributed by atoms with Crippen LogP contribution in [0.5, 0.6) is 0 Å². The quantitative estimate of drug-likeness (QED) is 0.752. The molecule has 0 aliphatic rings. The van der Waals surface area contributed by atoms with Gasteiger partial charge in [0.05, 0.1) is 0 Å². The number of nitrogens with one attached hydrogen (secondary N) is 2. The zero-order valence-electron chi connectivity index (χ0n) is 12.0. The highest BCUT2D eigenvalue weighted by molar-refractivity contribution is 5.84. The number of imidazole rings is 1. The third-order valence-electron chi connectivity index (χ3n) is 3.51. The van der Waals surface area contributed by atoms with Crippen molar-refractivity contribution in [2.75, 3.05) is 6.54 Å². The Balaban J connectivity index is 1.88. The van der Waals surface area contributed by atoms with E-state index < -0.39 is 0 Å². The maximum Gasteiger partial charge on any atom is 0.216 e. The highest BCUT2D eigenvalue weighted by atomic mass is 16.1. The number of fused-ring (bicyclic) bond motifs is 1. The second-order valence-electron chi connectivity index (χ2n) is 5.06. The molecule has 21 heavy (non-hydrogen) atoms. The van der Waals surface area contributed by atoms with E-state index in [2.05, 4.69) is 38.2 Å². The molecule has 0 aliphatic heterocycles. The molecule has 0 spiro atoms. The Morgan fingerprint density at radius 3 is 3.00 bits per heavy atom. The van der Waals surface area contributed by atoms with Crippen molar-refractivity contribution in [1.29, 1.82) is 0 Å². The predicted molar refractivity (Wildman–Crippen MR) is 82.0 cm³/mol. The van der Waals surface area contributed by atoms with E-state index in [1.807, 2.05) is 18.3 Å². The Kier molecular flexibility index (Phi) is 3.73. The summed E-state index contributed by atoms with van der Waals surface area (Å²) in [4.78, 5) is 18.4. The van der Waals surface area contributed by atoms with Crippen LogP contribution in [0.3, 0.4) is 0 Å². The van der Waals surface area contributed by atoms with Crippen molar-refractivity contribution >= 4 is 16.8 Å². The van der Waals surface area contributed by atoms with Gasteiger partial charge in [0.15, 0.2) is 0 Å². The van der Waals surface area contributed by atoms with Gasteiger partial charge in [-0.05, 0) is 11.6 Å². The molecular formula is C16H18N4O. The van der Waals surface area contributed by atoms with Crippen LogP contribution in [0, 0.1) is 0 Å². The molecule has 108 valence electrons. The van der Waals surface area contributed by atoms with Gasteiger partial charge in [0.1, 0.15) is 5.82 Å². The molecule has 0 radical (unpaired) electrons. The molecule has 0 aliphatic carbocycles. The van der Waals surface area contributed by atoms with Gasteiger partial charge in [-0.25, -0.2) is 4.98 Å². The molecule has 0 fully saturated rings. The Bertz CT molecular complexity index is 743. The Morgan fingerprint density at radius 2 is 2.24 bits per heavy atom. The van der Waals surface area contributed by atoms with Crippen molar-refractivity contribution in [2.45, 2.75) is 19.9 Å². The molecule has 2 aromatic heterocycles.